The lowest BCUT2D eigenvalue weighted by atomic mass is 9.44. The van der Waals surface area contributed by atoms with Crippen molar-refractivity contribution in [3.63, 3.8) is 0 Å². The molecule has 0 bridgehead atoms. The van der Waals surface area contributed by atoms with Crippen molar-refractivity contribution < 1.29 is 94.4 Å². The van der Waals surface area contributed by atoms with Crippen LogP contribution in [0.1, 0.15) is 91.9 Å². The Bertz CT molecular complexity index is 1560. The fourth-order valence-electron chi connectivity index (χ4n) is 14.2. The van der Waals surface area contributed by atoms with Gasteiger partial charge in [-0.3, -0.25) is 0 Å². The van der Waals surface area contributed by atoms with Crippen molar-refractivity contribution >= 4 is 0 Å². The summed E-state index contributed by atoms with van der Waals surface area (Å²) >= 11 is 0. The highest BCUT2D eigenvalue weighted by atomic mass is 16.8. The average molecular weight is 921 g/mol. The zero-order chi connectivity index (χ0) is 46.2. The topological polar surface area (TPSA) is 307 Å². The van der Waals surface area contributed by atoms with E-state index in [1.165, 1.54) is 0 Å². The molecule has 0 aromatic carbocycles. The summed E-state index contributed by atoms with van der Waals surface area (Å²) in [6.07, 6.45) is -13.7. The Kier molecular flexibility index (Phi) is 14.9. The molecule has 4 aliphatic carbocycles. The van der Waals surface area contributed by atoms with E-state index in [9.17, 15) is 61.3 Å². The van der Waals surface area contributed by atoms with Gasteiger partial charge in [0, 0.05) is 12.3 Å². The molecule has 4 heterocycles. The number of hydrogen-bond acceptors (Lipinski definition) is 19. The summed E-state index contributed by atoms with van der Waals surface area (Å²) in [4.78, 5) is 0. The average Bonchev–Trinajstić information content (AvgIpc) is 3.71. The van der Waals surface area contributed by atoms with Crippen molar-refractivity contribution in [2.45, 2.75) is 202 Å². The van der Waals surface area contributed by atoms with Crippen LogP contribution < -0.4 is 0 Å². The zero-order valence-electron chi connectivity index (χ0n) is 37.5. The number of aliphatic hydroxyl groups is 12. The van der Waals surface area contributed by atoms with E-state index in [4.69, 9.17) is 33.2 Å². The maximum Gasteiger partial charge on any atom is 0.187 e. The van der Waals surface area contributed by atoms with Crippen molar-refractivity contribution in [1.29, 1.82) is 0 Å². The van der Waals surface area contributed by atoms with Gasteiger partial charge >= 0.3 is 0 Å². The highest BCUT2D eigenvalue weighted by Gasteiger charge is 2.68. The molecule has 19 nitrogen and oxygen atoms in total. The number of ether oxygens (including phenoxy) is 7. The third kappa shape index (κ3) is 8.65. The molecule has 0 aromatic heterocycles. The van der Waals surface area contributed by atoms with Crippen LogP contribution in [0.5, 0.6) is 0 Å². The maximum atomic E-state index is 12.1. The summed E-state index contributed by atoms with van der Waals surface area (Å²) in [6, 6.07) is 0. The van der Waals surface area contributed by atoms with Gasteiger partial charge in [0.1, 0.15) is 73.2 Å². The SMILES string of the molecule is CC(CC[C@@]1(O)O[C@H]2C[C@H]3[C@@H]4CC[C@@H]5C[C@@H](O[C@@H]6O[C@H](CO)[C@@H](O)[C@H](O)[C@H]6O[C@@H]6O[C@H](CO)[C@@H](O)[C@H](O)[C@H]6O)CC[C@]5(C)[C@H]4CC[C@]3(C)[C@H]2[C@@H]1C)CO[C@@H]1O[C@H](CO)[C@@H](O)[C@H](O)[C@H]1O. The van der Waals surface area contributed by atoms with Crippen LogP contribution >= 0.6 is 0 Å². The lowest BCUT2D eigenvalue weighted by molar-refractivity contribution is -0.373. The van der Waals surface area contributed by atoms with Crippen molar-refractivity contribution in [2.24, 2.45) is 52.3 Å². The van der Waals surface area contributed by atoms with Crippen molar-refractivity contribution in [1.82, 2.24) is 0 Å². The third-order valence-electron chi connectivity index (χ3n) is 18.0. The van der Waals surface area contributed by atoms with E-state index < -0.39 is 118 Å². The molecule has 0 amide bonds. The number of hydrogen-bond donors (Lipinski definition) is 12. The minimum absolute atomic E-state index is 0.00000712. The van der Waals surface area contributed by atoms with Gasteiger partial charge in [-0.1, -0.05) is 27.7 Å². The number of fused-ring (bicyclic) bond motifs is 7. The monoisotopic (exact) mass is 920 g/mol. The Morgan fingerprint density at radius 2 is 1.20 bits per heavy atom. The maximum absolute atomic E-state index is 12.1. The van der Waals surface area contributed by atoms with Crippen LogP contribution in [0.15, 0.2) is 0 Å². The highest BCUT2D eigenvalue weighted by molar-refractivity contribution is 5.15. The van der Waals surface area contributed by atoms with Crippen LogP contribution in [-0.4, -0.2) is 198 Å². The Labute approximate surface area is 374 Å². The Balaban J connectivity index is 0.869. The van der Waals surface area contributed by atoms with Gasteiger partial charge in [-0.15, -0.1) is 0 Å². The van der Waals surface area contributed by atoms with Gasteiger partial charge in [-0.05, 0) is 104 Å². The first kappa shape index (κ1) is 49.7. The molecule has 1 unspecified atom stereocenters. The van der Waals surface area contributed by atoms with Crippen LogP contribution in [0, 0.1) is 52.3 Å². The van der Waals surface area contributed by atoms with Gasteiger partial charge < -0.3 is 94.4 Å². The van der Waals surface area contributed by atoms with Crippen LogP contribution in [0.25, 0.3) is 0 Å². The quantitative estimate of drug-likeness (QED) is 0.0909. The van der Waals surface area contributed by atoms with E-state index in [0.29, 0.717) is 42.9 Å². The summed E-state index contributed by atoms with van der Waals surface area (Å²) < 4.78 is 42.0. The van der Waals surface area contributed by atoms with Crippen LogP contribution in [-0.2, 0) is 33.2 Å². The molecule has 12 N–H and O–H groups in total. The molecule has 8 rings (SSSR count). The van der Waals surface area contributed by atoms with Crippen LogP contribution in [0.4, 0.5) is 0 Å². The van der Waals surface area contributed by atoms with Gasteiger partial charge in [-0.25, -0.2) is 0 Å². The largest absolute Gasteiger partial charge is 0.394 e. The Morgan fingerprint density at radius 3 is 1.84 bits per heavy atom. The van der Waals surface area contributed by atoms with Crippen molar-refractivity contribution in [3.8, 4) is 0 Å². The summed E-state index contributed by atoms with van der Waals surface area (Å²) in [6.45, 7) is 7.28. The summed E-state index contributed by atoms with van der Waals surface area (Å²) in [5, 5.41) is 125. The number of aliphatic hydroxyl groups excluding tert-OH is 11. The molecule has 8 aliphatic rings. The van der Waals surface area contributed by atoms with Crippen LogP contribution in [0.3, 0.4) is 0 Å². The molecule has 27 atom stereocenters. The molecule has 4 saturated carbocycles. The fourth-order valence-corrected chi connectivity index (χ4v) is 14.2. The third-order valence-corrected chi connectivity index (χ3v) is 18.0. The summed E-state index contributed by atoms with van der Waals surface area (Å²) in [7, 11) is 0. The van der Waals surface area contributed by atoms with Gasteiger partial charge in [0.25, 0.3) is 0 Å². The first-order valence-electron chi connectivity index (χ1n) is 23.9. The minimum Gasteiger partial charge on any atom is -0.394 e. The predicted molar refractivity (Wildman–Crippen MR) is 219 cm³/mol. The molecule has 4 aliphatic heterocycles. The molecule has 4 saturated heterocycles. The second kappa shape index (κ2) is 19.2. The van der Waals surface area contributed by atoms with E-state index in [0.717, 1.165) is 44.9 Å². The highest BCUT2D eigenvalue weighted by Crippen LogP contribution is 2.71. The minimum atomic E-state index is -1.75. The Hall–Kier alpha value is -0.760. The second-order valence-corrected chi connectivity index (χ2v) is 21.5. The second-order valence-electron chi connectivity index (χ2n) is 21.5. The molecule has 0 radical (unpaired) electrons. The fraction of sp³-hybridized carbons (Fsp3) is 1.00. The smallest absolute Gasteiger partial charge is 0.187 e. The summed E-state index contributed by atoms with van der Waals surface area (Å²) in [5.41, 5.74) is 0.0475. The number of rotatable bonds is 13. The van der Waals surface area contributed by atoms with E-state index in [-0.39, 0.29) is 47.4 Å². The molecule has 8 fully saturated rings. The standard InChI is InChI=1S/C45H76O19/c1-19(18-58-40-37(55)34(52)31(49)27(15-46)60-40)7-12-45(57)20(2)30-26(64-45)14-25-23-6-5-21-13-22(8-10-43(21,3)24(23)9-11-44(25,30)4)59-42-39(36(54)33(51)29(17-48)62-42)63-41-38(56)35(53)32(50)28(16-47)61-41/h19-42,46-57H,5-18H2,1-4H3/t19?,20-,21+,22-,23+,24-,25-,26-,27+,28+,29+,30-,31+,32+,33+,34-,35-,36-,37+,38+,39+,40+,41-,42+,43-,44-,45+/m0/s1. The van der Waals surface area contributed by atoms with E-state index in [2.05, 4.69) is 20.8 Å². The van der Waals surface area contributed by atoms with Gasteiger partial charge in [0.15, 0.2) is 24.7 Å². The molecule has 64 heavy (non-hydrogen) atoms. The van der Waals surface area contributed by atoms with E-state index >= 15 is 0 Å². The van der Waals surface area contributed by atoms with Crippen LogP contribution in [0.2, 0.25) is 0 Å². The first-order chi connectivity index (χ1) is 30.3. The lowest BCUT2D eigenvalue weighted by Gasteiger charge is -2.61. The first-order valence-corrected chi connectivity index (χ1v) is 23.9. The Morgan fingerprint density at radius 1 is 0.625 bits per heavy atom. The molecule has 0 aromatic rings. The molecular formula is C45H76O19. The van der Waals surface area contributed by atoms with Gasteiger partial charge in [-0.2, -0.15) is 0 Å². The predicted octanol–water partition coefficient (Wildman–Crippen LogP) is -1.78. The molecular weight excluding hydrogens is 844 g/mol. The molecule has 370 valence electrons. The van der Waals surface area contributed by atoms with Crippen molar-refractivity contribution in [3.05, 3.63) is 0 Å². The van der Waals surface area contributed by atoms with Gasteiger partial charge in [0.2, 0.25) is 0 Å². The normalized spacial score (nSPS) is 55.6. The molecule has 19 heteroatoms. The van der Waals surface area contributed by atoms with Gasteiger partial charge in [0.05, 0.1) is 38.6 Å². The van der Waals surface area contributed by atoms with E-state index in [1.807, 2.05) is 6.92 Å². The van der Waals surface area contributed by atoms with Crippen molar-refractivity contribution in [2.75, 3.05) is 26.4 Å². The molecule has 0 spiro atoms. The lowest BCUT2D eigenvalue weighted by Crippen LogP contribution is -2.65. The summed E-state index contributed by atoms with van der Waals surface area (Å²) in [5.74, 6) is 0.532. The van der Waals surface area contributed by atoms with E-state index in [1.54, 1.807) is 0 Å². The zero-order valence-corrected chi connectivity index (χ0v) is 37.5.